The first-order chi connectivity index (χ1) is 12.5. The van der Waals surface area contributed by atoms with E-state index in [-0.39, 0.29) is 30.0 Å². The van der Waals surface area contributed by atoms with E-state index in [2.05, 4.69) is 9.73 Å². The van der Waals surface area contributed by atoms with E-state index in [9.17, 15) is 18.0 Å². The molecule has 2 N–H and O–H groups in total. The molecule has 5 nitrogen and oxygen atoms in total. The normalized spacial score (nSPS) is 26.4. The van der Waals surface area contributed by atoms with Crippen molar-refractivity contribution in [2.75, 3.05) is 12.8 Å². The van der Waals surface area contributed by atoms with Crippen LogP contribution < -0.4 is 10.5 Å². The lowest BCUT2D eigenvalue weighted by molar-refractivity contribution is -0.274. The number of guanidine groups is 1. The minimum atomic E-state index is -4.73. The largest absolute Gasteiger partial charge is 0.573 e. The Bertz CT molecular complexity index is 837. The number of amides is 1. The number of benzene rings is 1. The Balaban J connectivity index is 1.92. The summed E-state index contributed by atoms with van der Waals surface area (Å²) >= 11 is 1.57. The number of thioether (sulfide) groups is 1. The number of halogens is 3. The van der Waals surface area contributed by atoms with Gasteiger partial charge in [0.15, 0.2) is 5.96 Å². The third-order valence-corrected chi connectivity index (χ3v) is 6.38. The van der Waals surface area contributed by atoms with Gasteiger partial charge in [0.05, 0.1) is 6.42 Å². The molecule has 27 heavy (non-hydrogen) atoms. The molecule has 146 valence electrons. The van der Waals surface area contributed by atoms with Crippen LogP contribution in [0.25, 0.3) is 0 Å². The molecule has 1 amide bonds. The van der Waals surface area contributed by atoms with Crippen LogP contribution in [0, 0.1) is 0 Å². The van der Waals surface area contributed by atoms with Crippen LogP contribution >= 0.6 is 11.8 Å². The van der Waals surface area contributed by atoms with Crippen molar-refractivity contribution in [3.63, 3.8) is 0 Å². The first-order valence-electron chi connectivity index (χ1n) is 8.32. The molecule has 0 aliphatic carbocycles. The van der Waals surface area contributed by atoms with Gasteiger partial charge in [-0.1, -0.05) is 17.7 Å². The van der Waals surface area contributed by atoms with Crippen LogP contribution in [-0.4, -0.2) is 41.5 Å². The standard InChI is InChI=1S/C18H20F3N3O2S/c1-10-13(11-5-4-6-12(7-11)26-18(19,20)21)9-27-15(10)17(2)8-14(25)24(3)16(22)23-17/h4-7,13H,8-9H2,1-3H3,(H2,22,23)/t13?,17-/m0/s1. The number of alkyl halides is 3. The zero-order valence-corrected chi connectivity index (χ0v) is 15.9. The lowest BCUT2D eigenvalue weighted by atomic mass is 9.87. The maximum absolute atomic E-state index is 12.5. The van der Waals surface area contributed by atoms with Crippen LogP contribution in [0.4, 0.5) is 13.2 Å². The summed E-state index contributed by atoms with van der Waals surface area (Å²) in [7, 11) is 1.58. The molecular weight excluding hydrogens is 379 g/mol. The molecule has 0 saturated heterocycles. The summed E-state index contributed by atoms with van der Waals surface area (Å²) in [4.78, 5) is 19.0. The fraction of sp³-hybridized carbons (Fsp3) is 0.444. The van der Waals surface area contributed by atoms with Gasteiger partial charge in [-0.3, -0.25) is 9.69 Å². The molecule has 0 radical (unpaired) electrons. The molecule has 0 bridgehead atoms. The fourth-order valence-corrected chi connectivity index (χ4v) is 5.03. The Morgan fingerprint density at radius 3 is 2.74 bits per heavy atom. The van der Waals surface area contributed by atoms with E-state index in [1.54, 1.807) is 30.9 Å². The van der Waals surface area contributed by atoms with Crippen molar-refractivity contribution in [3.8, 4) is 5.75 Å². The molecule has 1 aromatic carbocycles. The Morgan fingerprint density at radius 2 is 2.11 bits per heavy atom. The monoisotopic (exact) mass is 399 g/mol. The lowest BCUT2D eigenvalue weighted by Crippen LogP contribution is -2.49. The molecule has 0 fully saturated rings. The van der Waals surface area contributed by atoms with Crippen molar-refractivity contribution in [1.82, 2.24) is 4.90 Å². The van der Waals surface area contributed by atoms with Crippen molar-refractivity contribution in [1.29, 1.82) is 0 Å². The maximum atomic E-state index is 12.5. The van der Waals surface area contributed by atoms with Crippen LogP contribution in [0.15, 0.2) is 39.7 Å². The smallest absolute Gasteiger partial charge is 0.406 e. The number of nitrogens with zero attached hydrogens (tertiary/aromatic N) is 2. The quantitative estimate of drug-likeness (QED) is 0.843. The average molecular weight is 399 g/mol. The van der Waals surface area contributed by atoms with Crippen molar-refractivity contribution in [2.45, 2.75) is 38.1 Å². The highest BCUT2D eigenvalue weighted by atomic mass is 32.2. The molecule has 0 spiro atoms. The van der Waals surface area contributed by atoms with Gasteiger partial charge < -0.3 is 10.5 Å². The highest BCUT2D eigenvalue weighted by Crippen LogP contribution is 2.49. The van der Waals surface area contributed by atoms with Crippen molar-refractivity contribution >= 4 is 23.6 Å². The van der Waals surface area contributed by atoms with Gasteiger partial charge in [-0.05, 0) is 31.5 Å². The van der Waals surface area contributed by atoms with E-state index in [0.717, 1.165) is 16.0 Å². The van der Waals surface area contributed by atoms with Crippen LogP contribution in [-0.2, 0) is 4.79 Å². The second-order valence-corrected chi connectivity index (χ2v) is 7.90. The highest BCUT2D eigenvalue weighted by Gasteiger charge is 2.42. The van der Waals surface area contributed by atoms with Gasteiger partial charge in [0.25, 0.3) is 0 Å². The number of hydrogen-bond acceptors (Lipinski definition) is 5. The summed E-state index contributed by atoms with van der Waals surface area (Å²) in [5, 5.41) is 0. The summed E-state index contributed by atoms with van der Waals surface area (Å²) in [6, 6.07) is 6.01. The molecule has 2 aliphatic heterocycles. The van der Waals surface area contributed by atoms with Gasteiger partial charge in [0.2, 0.25) is 5.91 Å². The Labute approximate surface area is 159 Å². The summed E-state index contributed by atoms with van der Waals surface area (Å²) in [6.45, 7) is 3.79. The third-order valence-electron chi connectivity index (χ3n) is 4.83. The SMILES string of the molecule is CC1=C([C@]2(C)CC(=O)N(C)C(N)=N2)SCC1c1cccc(OC(F)(F)F)c1. The molecule has 2 heterocycles. The van der Waals surface area contributed by atoms with Crippen molar-refractivity contribution < 1.29 is 22.7 Å². The second-order valence-electron chi connectivity index (χ2n) is 6.87. The second kappa shape index (κ2) is 6.78. The van der Waals surface area contributed by atoms with Gasteiger partial charge >= 0.3 is 6.36 Å². The zero-order chi connectivity index (χ0) is 20.0. The Kier molecular flexibility index (Phi) is 4.92. The minimum absolute atomic E-state index is 0.0789. The topological polar surface area (TPSA) is 67.9 Å². The van der Waals surface area contributed by atoms with E-state index >= 15 is 0 Å². The number of nitrogens with two attached hydrogens (primary N) is 1. The van der Waals surface area contributed by atoms with E-state index in [4.69, 9.17) is 5.73 Å². The number of rotatable bonds is 3. The van der Waals surface area contributed by atoms with Gasteiger partial charge in [0, 0.05) is 23.6 Å². The predicted octanol–water partition coefficient (Wildman–Crippen LogP) is 3.63. The predicted molar refractivity (Wildman–Crippen MR) is 98.4 cm³/mol. The first-order valence-corrected chi connectivity index (χ1v) is 9.30. The molecular formula is C18H20F3N3O2S. The van der Waals surface area contributed by atoms with E-state index in [0.29, 0.717) is 5.75 Å². The van der Waals surface area contributed by atoms with Crippen LogP contribution in [0.1, 0.15) is 31.7 Å². The number of hydrogen-bond donors (Lipinski definition) is 1. The number of carbonyl (C=O) groups is 1. The van der Waals surface area contributed by atoms with Gasteiger partial charge in [-0.25, -0.2) is 4.99 Å². The van der Waals surface area contributed by atoms with Gasteiger partial charge in [0.1, 0.15) is 11.3 Å². The highest BCUT2D eigenvalue weighted by molar-refractivity contribution is 8.03. The molecule has 2 aliphatic rings. The Morgan fingerprint density at radius 1 is 1.41 bits per heavy atom. The average Bonchev–Trinajstić information content (AvgIpc) is 2.93. The van der Waals surface area contributed by atoms with Crippen LogP contribution in [0.2, 0.25) is 0 Å². The number of ether oxygens (including phenoxy) is 1. The molecule has 0 saturated carbocycles. The van der Waals surface area contributed by atoms with Gasteiger partial charge in [-0.15, -0.1) is 24.9 Å². The van der Waals surface area contributed by atoms with E-state index in [1.165, 1.54) is 17.0 Å². The van der Waals surface area contributed by atoms with E-state index < -0.39 is 11.9 Å². The molecule has 9 heteroatoms. The number of carbonyl (C=O) groups excluding carboxylic acids is 1. The zero-order valence-electron chi connectivity index (χ0n) is 15.1. The van der Waals surface area contributed by atoms with Crippen molar-refractivity contribution in [3.05, 3.63) is 40.3 Å². The molecule has 1 unspecified atom stereocenters. The molecule has 3 rings (SSSR count). The summed E-state index contributed by atoms with van der Waals surface area (Å²) in [5.74, 6) is 0.388. The maximum Gasteiger partial charge on any atom is 0.573 e. The molecule has 1 aromatic rings. The lowest BCUT2D eigenvalue weighted by Gasteiger charge is -2.34. The number of allylic oxidation sites excluding steroid dienone is 1. The van der Waals surface area contributed by atoms with Crippen LogP contribution in [0.3, 0.4) is 0 Å². The summed E-state index contributed by atoms with van der Waals surface area (Å²) in [6.07, 6.45) is -4.53. The van der Waals surface area contributed by atoms with Crippen molar-refractivity contribution in [2.24, 2.45) is 10.7 Å². The summed E-state index contributed by atoms with van der Waals surface area (Å²) in [5.41, 5.74) is 6.85. The molecule has 0 aromatic heterocycles. The fourth-order valence-electron chi connectivity index (χ4n) is 3.46. The summed E-state index contributed by atoms with van der Waals surface area (Å²) < 4.78 is 41.5. The molecule has 2 atom stereocenters. The van der Waals surface area contributed by atoms with E-state index in [1.807, 2.05) is 13.8 Å². The van der Waals surface area contributed by atoms with Gasteiger partial charge in [-0.2, -0.15) is 0 Å². The first kappa shape index (κ1) is 19.6. The minimum Gasteiger partial charge on any atom is -0.406 e. The van der Waals surface area contributed by atoms with Crippen LogP contribution in [0.5, 0.6) is 5.75 Å². The Hall–Kier alpha value is -2.16. The third kappa shape index (κ3) is 3.92. The number of aliphatic imine (C=N–C) groups is 1.